The maximum absolute atomic E-state index is 12.8. The maximum atomic E-state index is 12.8. The lowest BCUT2D eigenvalue weighted by atomic mass is 10.1. The fourth-order valence-electron chi connectivity index (χ4n) is 2.75. The van der Waals surface area contributed by atoms with Gasteiger partial charge < -0.3 is 29.0 Å². The standard InChI is InChI=1S/C26H39NO9/c1-7-33-24(30)21(27-25(31)36-26(4,5)6)17-35-23(29)20(16-34-22(28)18(2)3)13-14-32-15-19-11-9-8-10-12-19/h8-12,18,20-21H,7,13-17H2,1-6H3,(H,27,31). The lowest BCUT2D eigenvalue weighted by molar-refractivity contribution is -0.159. The molecule has 0 fully saturated rings. The Hall–Kier alpha value is -3.14. The largest absolute Gasteiger partial charge is 0.465 e. The van der Waals surface area contributed by atoms with Crippen molar-refractivity contribution in [3.63, 3.8) is 0 Å². The highest BCUT2D eigenvalue weighted by molar-refractivity contribution is 5.82. The second-order valence-electron chi connectivity index (χ2n) is 9.39. The first kappa shape index (κ1) is 30.9. The van der Waals surface area contributed by atoms with Crippen LogP contribution in [0.25, 0.3) is 0 Å². The summed E-state index contributed by atoms with van der Waals surface area (Å²) >= 11 is 0. The molecule has 0 aromatic heterocycles. The van der Waals surface area contributed by atoms with Crippen molar-refractivity contribution in [2.24, 2.45) is 11.8 Å². The average Bonchev–Trinajstić information content (AvgIpc) is 2.80. The summed E-state index contributed by atoms with van der Waals surface area (Å²) in [6.07, 6.45) is -0.631. The Bertz CT molecular complexity index is 834. The number of ether oxygens (including phenoxy) is 5. The second-order valence-corrected chi connectivity index (χ2v) is 9.39. The fourth-order valence-corrected chi connectivity index (χ4v) is 2.75. The number of benzene rings is 1. The van der Waals surface area contributed by atoms with Crippen LogP contribution in [0.1, 0.15) is 53.5 Å². The van der Waals surface area contributed by atoms with Crippen LogP contribution in [0.2, 0.25) is 0 Å². The molecule has 202 valence electrons. The molecule has 0 radical (unpaired) electrons. The van der Waals surface area contributed by atoms with Gasteiger partial charge in [-0.15, -0.1) is 0 Å². The van der Waals surface area contributed by atoms with E-state index in [1.165, 1.54) is 0 Å². The molecule has 1 aromatic carbocycles. The molecule has 0 saturated carbocycles. The van der Waals surface area contributed by atoms with E-state index in [0.29, 0.717) is 6.61 Å². The quantitative estimate of drug-likeness (QED) is 0.228. The van der Waals surface area contributed by atoms with Crippen molar-refractivity contribution in [2.75, 3.05) is 26.4 Å². The summed E-state index contributed by atoms with van der Waals surface area (Å²) in [5.41, 5.74) is 0.193. The van der Waals surface area contributed by atoms with Gasteiger partial charge in [-0.2, -0.15) is 0 Å². The number of amides is 1. The Labute approximate surface area is 212 Å². The number of carbonyl (C=O) groups excluding carboxylic acids is 4. The topological polar surface area (TPSA) is 126 Å². The Morgan fingerprint density at radius 2 is 1.53 bits per heavy atom. The Kier molecular flexibility index (Phi) is 13.5. The molecule has 0 bridgehead atoms. The molecule has 0 saturated heterocycles. The predicted molar refractivity (Wildman–Crippen MR) is 131 cm³/mol. The van der Waals surface area contributed by atoms with Gasteiger partial charge in [-0.1, -0.05) is 44.2 Å². The number of alkyl carbamates (subject to hydrolysis) is 1. The van der Waals surface area contributed by atoms with E-state index in [4.69, 9.17) is 23.7 Å². The predicted octanol–water partition coefficient (Wildman–Crippen LogP) is 3.41. The number of nitrogens with one attached hydrogen (secondary N) is 1. The minimum absolute atomic E-state index is 0.0752. The number of rotatable bonds is 14. The normalized spacial score (nSPS) is 12.9. The highest BCUT2D eigenvalue weighted by Crippen LogP contribution is 2.12. The molecular formula is C26H39NO9. The molecule has 2 atom stereocenters. The molecule has 1 amide bonds. The third-order valence-electron chi connectivity index (χ3n) is 4.61. The molecule has 10 heteroatoms. The minimum atomic E-state index is -1.27. The van der Waals surface area contributed by atoms with E-state index in [9.17, 15) is 19.2 Å². The zero-order valence-corrected chi connectivity index (χ0v) is 22.0. The molecule has 1 rings (SSSR count). The fraction of sp³-hybridized carbons (Fsp3) is 0.615. The summed E-state index contributed by atoms with van der Waals surface area (Å²) in [5.74, 6) is -3.11. The molecule has 0 aliphatic carbocycles. The molecule has 0 aliphatic heterocycles. The summed E-state index contributed by atoms with van der Waals surface area (Å²) in [7, 11) is 0. The molecule has 10 nitrogen and oxygen atoms in total. The van der Waals surface area contributed by atoms with Crippen LogP contribution in [0.5, 0.6) is 0 Å². The van der Waals surface area contributed by atoms with E-state index in [2.05, 4.69) is 5.32 Å². The number of hydrogen-bond acceptors (Lipinski definition) is 9. The molecule has 2 unspecified atom stereocenters. The third kappa shape index (κ3) is 13.1. The van der Waals surface area contributed by atoms with Crippen LogP contribution in [0.3, 0.4) is 0 Å². The summed E-state index contributed by atoms with van der Waals surface area (Å²) in [4.78, 5) is 49.2. The Morgan fingerprint density at radius 3 is 2.11 bits per heavy atom. The zero-order valence-electron chi connectivity index (χ0n) is 22.0. The molecular weight excluding hydrogens is 470 g/mol. The van der Waals surface area contributed by atoms with Gasteiger partial charge in [0.05, 0.1) is 25.0 Å². The van der Waals surface area contributed by atoms with E-state index in [1.54, 1.807) is 41.5 Å². The summed E-state index contributed by atoms with van der Waals surface area (Å²) < 4.78 is 26.3. The van der Waals surface area contributed by atoms with Crippen molar-refractivity contribution in [3.8, 4) is 0 Å². The Morgan fingerprint density at radius 1 is 0.889 bits per heavy atom. The SMILES string of the molecule is CCOC(=O)C(COC(=O)C(CCOCc1ccccc1)COC(=O)C(C)C)NC(=O)OC(C)(C)C. The van der Waals surface area contributed by atoms with Crippen molar-refractivity contribution in [2.45, 2.75) is 66.2 Å². The van der Waals surface area contributed by atoms with Crippen molar-refractivity contribution < 1.29 is 42.9 Å². The van der Waals surface area contributed by atoms with Crippen molar-refractivity contribution in [3.05, 3.63) is 35.9 Å². The van der Waals surface area contributed by atoms with E-state index in [-0.39, 0.29) is 32.2 Å². The van der Waals surface area contributed by atoms with Crippen LogP contribution in [-0.4, -0.2) is 62.1 Å². The summed E-state index contributed by atoms with van der Waals surface area (Å²) in [6, 6.07) is 8.27. The zero-order chi connectivity index (χ0) is 27.1. The summed E-state index contributed by atoms with van der Waals surface area (Å²) in [6.45, 7) is 9.98. The monoisotopic (exact) mass is 509 g/mol. The third-order valence-corrected chi connectivity index (χ3v) is 4.61. The first-order valence-corrected chi connectivity index (χ1v) is 12.0. The molecule has 0 spiro atoms. The van der Waals surface area contributed by atoms with Crippen LogP contribution >= 0.6 is 0 Å². The number of carbonyl (C=O) groups is 4. The highest BCUT2D eigenvalue weighted by atomic mass is 16.6. The van der Waals surface area contributed by atoms with Crippen LogP contribution in [0.4, 0.5) is 4.79 Å². The van der Waals surface area contributed by atoms with E-state index in [1.807, 2.05) is 30.3 Å². The average molecular weight is 510 g/mol. The van der Waals surface area contributed by atoms with Crippen LogP contribution in [0, 0.1) is 11.8 Å². The van der Waals surface area contributed by atoms with Crippen LogP contribution in [-0.2, 0) is 44.7 Å². The molecule has 1 aromatic rings. The smallest absolute Gasteiger partial charge is 0.408 e. The van der Waals surface area contributed by atoms with Crippen molar-refractivity contribution >= 4 is 24.0 Å². The van der Waals surface area contributed by atoms with E-state index < -0.39 is 48.2 Å². The summed E-state index contributed by atoms with van der Waals surface area (Å²) in [5, 5.41) is 2.37. The van der Waals surface area contributed by atoms with E-state index in [0.717, 1.165) is 5.56 Å². The van der Waals surface area contributed by atoms with Gasteiger partial charge in [0.25, 0.3) is 0 Å². The van der Waals surface area contributed by atoms with Gasteiger partial charge in [-0.05, 0) is 39.7 Å². The van der Waals surface area contributed by atoms with E-state index >= 15 is 0 Å². The lowest BCUT2D eigenvalue weighted by Crippen LogP contribution is -2.47. The first-order valence-electron chi connectivity index (χ1n) is 12.0. The number of esters is 3. The molecule has 36 heavy (non-hydrogen) atoms. The van der Waals surface area contributed by atoms with Gasteiger partial charge in [-0.3, -0.25) is 9.59 Å². The lowest BCUT2D eigenvalue weighted by Gasteiger charge is -2.23. The maximum Gasteiger partial charge on any atom is 0.408 e. The van der Waals surface area contributed by atoms with Crippen LogP contribution in [0.15, 0.2) is 30.3 Å². The van der Waals surface area contributed by atoms with Gasteiger partial charge in [0.15, 0.2) is 6.04 Å². The van der Waals surface area contributed by atoms with Gasteiger partial charge in [0.1, 0.15) is 18.8 Å². The second kappa shape index (κ2) is 15.8. The first-order chi connectivity index (χ1) is 16.9. The Balaban J connectivity index is 2.76. The van der Waals surface area contributed by atoms with Gasteiger partial charge in [-0.25, -0.2) is 9.59 Å². The number of hydrogen-bond donors (Lipinski definition) is 1. The van der Waals surface area contributed by atoms with Crippen LogP contribution < -0.4 is 5.32 Å². The van der Waals surface area contributed by atoms with Crippen molar-refractivity contribution in [1.29, 1.82) is 0 Å². The van der Waals surface area contributed by atoms with Gasteiger partial charge in [0, 0.05) is 6.61 Å². The van der Waals surface area contributed by atoms with Crippen molar-refractivity contribution in [1.82, 2.24) is 5.32 Å². The molecule has 0 heterocycles. The molecule has 0 aliphatic rings. The van der Waals surface area contributed by atoms with Gasteiger partial charge >= 0.3 is 24.0 Å². The van der Waals surface area contributed by atoms with Gasteiger partial charge in [0.2, 0.25) is 0 Å². The molecule has 1 N–H and O–H groups in total. The highest BCUT2D eigenvalue weighted by Gasteiger charge is 2.29. The minimum Gasteiger partial charge on any atom is -0.465 e.